The van der Waals surface area contributed by atoms with E-state index in [2.05, 4.69) is 27.4 Å². The van der Waals surface area contributed by atoms with Crippen LogP contribution in [0.5, 0.6) is 0 Å². The van der Waals surface area contributed by atoms with Crippen molar-refractivity contribution in [3.8, 4) is 0 Å². The first-order valence-electron chi connectivity index (χ1n) is 8.72. The Kier molecular flexibility index (Phi) is 5.30. The highest BCUT2D eigenvalue weighted by molar-refractivity contribution is 5.79. The molecule has 0 spiro atoms. The van der Waals surface area contributed by atoms with E-state index in [-0.39, 0.29) is 5.91 Å². The van der Waals surface area contributed by atoms with E-state index in [1.807, 2.05) is 31.3 Å². The average molecular weight is 326 g/mol. The molecule has 0 bridgehead atoms. The van der Waals surface area contributed by atoms with Crippen LogP contribution >= 0.6 is 0 Å². The second kappa shape index (κ2) is 7.62. The number of hydrogen-bond donors (Lipinski definition) is 1. The SMILES string of the molecule is C=CCNCC[C@@H]1CCC(=O)N1CCc1nc2ccccc2n1C. The van der Waals surface area contributed by atoms with Crippen molar-refractivity contribution in [2.24, 2.45) is 7.05 Å². The van der Waals surface area contributed by atoms with E-state index in [4.69, 9.17) is 4.98 Å². The summed E-state index contributed by atoms with van der Waals surface area (Å²) in [5.41, 5.74) is 2.17. The molecule has 1 N–H and O–H groups in total. The Morgan fingerprint density at radius 1 is 1.42 bits per heavy atom. The highest BCUT2D eigenvalue weighted by Crippen LogP contribution is 2.22. The minimum Gasteiger partial charge on any atom is -0.339 e. The number of carbonyl (C=O) groups is 1. The molecule has 1 aliphatic heterocycles. The van der Waals surface area contributed by atoms with Crippen molar-refractivity contribution in [3.63, 3.8) is 0 Å². The zero-order chi connectivity index (χ0) is 16.9. The van der Waals surface area contributed by atoms with E-state index in [9.17, 15) is 4.79 Å². The minimum atomic E-state index is 0.280. The van der Waals surface area contributed by atoms with Gasteiger partial charge < -0.3 is 14.8 Å². The second-order valence-corrected chi connectivity index (χ2v) is 6.39. The van der Waals surface area contributed by atoms with Gasteiger partial charge >= 0.3 is 0 Å². The van der Waals surface area contributed by atoms with Crippen LogP contribution in [0.15, 0.2) is 36.9 Å². The van der Waals surface area contributed by atoms with Gasteiger partial charge in [0.15, 0.2) is 0 Å². The Hall–Kier alpha value is -2.14. The third-order valence-electron chi connectivity index (χ3n) is 4.85. The number of aryl methyl sites for hydroxylation is 1. The standard InChI is InChI=1S/C19H26N4O/c1-3-12-20-13-10-15-8-9-19(24)23(15)14-11-18-21-16-6-4-5-7-17(16)22(18)2/h3-7,15,20H,1,8-14H2,2H3/t15-/m0/s1. The molecule has 128 valence electrons. The molecule has 5 nitrogen and oxygen atoms in total. The molecule has 1 aromatic heterocycles. The van der Waals surface area contributed by atoms with Gasteiger partial charge in [-0.25, -0.2) is 4.98 Å². The molecule has 3 rings (SSSR count). The summed E-state index contributed by atoms with van der Waals surface area (Å²) in [4.78, 5) is 19.0. The zero-order valence-electron chi connectivity index (χ0n) is 14.4. The van der Waals surface area contributed by atoms with E-state index >= 15 is 0 Å². The number of likely N-dealkylation sites (tertiary alicyclic amines) is 1. The van der Waals surface area contributed by atoms with Crippen molar-refractivity contribution in [2.45, 2.75) is 31.7 Å². The molecule has 1 amide bonds. The van der Waals surface area contributed by atoms with Gasteiger partial charge in [-0.15, -0.1) is 6.58 Å². The first kappa shape index (κ1) is 16.7. The van der Waals surface area contributed by atoms with E-state index in [0.717, 1.165) is 55.8 Å². The number of imidazole rings is 1. The summed E-state index contributed by atoms with van der Waals surface area (Å²) < 4.78 is 2.14. The van der Waals surface area contributed by atoms with E-state index in [0.29, 0.717) is 12.5 Å². The third-order valence-corrected chi connectivity index (χ3v) is 4.85. The number of nitrogens with zero attached hydrogens (tertiary/aromatic N) is 3. The van der Waals surface area contributed by atoms with E-state index in [1.165, 1.54) is 0 Å². The Morgan fingerprint density at radius 2 is 2.25 bits per heavy atom. The Bertz CT molecular complexity index is 721. The first-order chi connectivity index (χ1) is 11.7. The van der Waals surface area contributed by atoms with E-state index in [1.54, 1.807) is 0 Å². The summed E-state index contributed by atoms with van der Waals surface area (Å²) in [5.74, 6) is 1.32. The lowest BCUT2D eigenvalue weighted by Gasteiger charge is -2.25. The minimum absolute atomic E-state index is 0.280. The van der Waals surface area contributed by atoms with Crippen molar-refractivity contribution in [1.82, 2.24) is 19.8 Å². The fourth-order valence-corrected chi connectivity index (χ4v) is 3.51. The number of rotatable bonds is 8. The van der Waals surface area contributed by atoms with Crippen molar-refractivity contribution in [1.29, 1.82) is 0 Å². The summed E-state index contributed by atoms with van der Waals surface area (Å²) in [6.07, 6.45) is 5.31. The highest BCUT2D eigenvalue weighted by Gasteiger charge is 2.30. The Balaban J connectivity index is 1.61. The van der Waals surface area contributed by atoms with Gasteiger partial charge in [0.2, 0.25) is 5.91 Å². The maximum Gasteiger partial charge on any atom is 0.222 e. The van der Waals surface area contributed by atoms with Gasteiger partial charge in [-0.3, -0.25) is 4.79 Å². The summed E-state index contributed by atoms with van der Waals surface area (Å²) in [7, 11) is 2.05. The largest absolute Gasteiger partial charge is 0.339 e. The molecule has 2 aromatic rings. The van der Waals surface area contributed by atoms with Crippen molar-refractivity contribution in [3.05, 3.63) is 42.7 Å². The molecule has 1 atom stereocenters. The maximum absolute atomic E-state index is 12.2. The number of benzene rings is 1. The summed E-state index contributed by atoms with van der Waals surface area (Å²) in [6, 6.07) is 8.51. The second-order valence-electron chi connectivity index (χ2n) is 6.39. The number of aromatic nitrogens is 2. The number of nitrogens with one attached hydrogen (secondary N) is 1. The smallest absolute Gasteiger partial charge is 0.222 e. The van der Waals surface area contributed by atoms with Crippen LogP contribution in [-0.4, -0.2) is 46.0 Å². The molecule has 0 aliphatic carbocycles. The van der Waals surface area contributed by atoms with Crippen LogP contribution in [0.2, 0.25) is 0 Å². The zero-order valence-corrected chi connectivity index (χ0v) is 14.4. The third kappa shape index (κ3) is 3.51. The molecule has 1 saturated heterocycles. The van der Waals surface area contributed by atoms with Crippen molar-refractivity contribution < 1.29 is 4.79 Å². The topological polar surface area (TPSA) is 50.2 Å². The van der Waals surface area contributed by atoms with Crippen molar-refractivity contribution >= 4 is 16.9 Å². The molecule has 2 heterocycles. The Morgan fingerprint density at radius 3 is 3.04 bits per heavy atom. The maximum atomic E-state index is 12.2. The van der Waals surface area contributed by atoms with Crippen LogP contribution in [0, 0.1) is 0 Å². The molecule has 1 aliphatic rings. The molecule has 0 unspecified atom stereocenters. The number of hydrogen-bond acceptors (Lipinski definition) is 3. The van der Waals surface area contributed by atoms with Gasteiger partial charge in [0.25, 0.3) is 0 Å². The van der Waals surface area contributed by atoms with Gasteiger partial charge in [0, 0.05) is 39.0 Å². The van der Waals surface area contributed by atoms with E-state index < -0.39 is 0 Å². The molecule has 1 aromatic carbocycles. The fraction of sp³-hybridized carbons (Fsp3) is 0.474. The number of carbonyl (C=O) groups excluding carboxylic acids is 1. The predicted molar refractivity (Wildman–Crippen MR) is 96.8 cm³/mol. The monoisotopic (exact) mass is 326 g/mol. The van der Waals surface area contributed by atoms with Crippen LogP contribution in [0.25, 0.3) is 11.0 Å². The lowest BCUT2D eigenvalue weighted by molar-refractivity contribution is -0.129. The van der Waals surface area contributed by atoms with Crippen LogP contribution in [-0.2, 0) is 18.3 Å². The molecular formula is C19H26N4O. The number of para-hydroxylation sites is 2. The quantitative estimate of drug-likeness (QED) is 0.598. The lowest BCUT2D eigenvalue weighted by atomic mass is 10.1. The summed E-state index contributed by atoms with van der Waals surface area (Å²) in [5, 5.41) is 3.33. The normalized spacial score (nSPS) is 17.8. The number of fused-ring (bicyclic) bond motifs is 1. The number of amides is 1. The van der Waals surface area contributed by atoms with Gasteiger partial charge in [-0.05, 0) is 31.5 Å². The molecule has 5 heteroatoms. The van der Waals surface area contributed by atoms with Gasteiger partial charge in [-0.2, -0.15) is 0 Å². The van der Waals surface area contributed by atoms with Crippen molar-refractivity contribution in [2.75, 3.05) is 19.6 Å². The van der Waals surface area contributed by atoms with Gasteiger partial charge in [0.05, 0.1) is 11.0 Å². The van der Waals surface area contributed by atoms with Gasteiger partial charge in [-0.1, -0.05) is 18.2 Å². The fourth-order valence-electron chi connectivity index (χ4n) is 3.51. The first-order valence-corrected chi connectivity index (χ1v) is 8.72. The molecule has 24 heavy (non-hydrogen) atoms. The lowest BCUT2D eigenvalue weighted by Crippen LogP contribution is -2.37. The highest BCUT2D eigenvalue weighted by atomic mass is 16.2. The van der Waals surface area contributed by atoms with Crippen LogP contribution in [0.4, 0.5) is 0 Å². The molecule has 0 radical (unpaired) electrons. The van der Waals surface area contributed by atoms with Crippen LogP contribution in [0.3, 0.4) is 0 Å². The predicted octanol–water partition coefficient (Wildman–Crippen LogP) is 2.27. The Labute approximate surface area is 143 Å². The molecular weight excluding hydrogens is 300 g/mol. The summed E-state index contributed by atoms with van der Waals surface area (Å²) >= 11 is 0. The average Bonchev–Trinajstić information content (AvgIpc) is 3.10. The van der Waals surface area contributed by atoms with Crippen LogP contribution < -0.4 is 5.32 Å². The van der Waals surface area contributed by atoms with Crippen LogP contribution in [0.1, 0.15) is 25.1 Å². The van der Waals surface area contributed by atoms with Gasteiger partial charge in [0.1, 0.15) is 5.82 Å². The summed E-state index contributed by atoms with van der Waals surface area (Å²) in [6.45, 7) is 6.21. The molecule has 1 fully saturated rings. The molecule has 0 saturated carbocycles.